The number of halogens is 4. The number of hydrogen-bond donors (Lipinski definition) is 1. The van der Waals surface area contributed by atoms with Crippen LogP contribution in [0.2, 0.25) is 0 Å². The predicted octanol–water partition coefficient (Wildman–Crippen LogP) is 3.61. The first kappa shape index (κ1) is 15.8. The van der Waals surface area contributed by atoms with Crippen molar-refractivity contribution in [1.82, 2.24) is 5.32 Å². The second-order valence-corrected chi connectivity index (χ2v) is 5.47. The molecular formula is C15H17F4NO. The summed E-state index contributed by atoms with van der Waals surface area (Å²) in [5.41, 5.74) is 0.636. The lowest BCUT2D eigenvalue weighted by molar-refractivity contribution is -0.184. The van der Waals surface area contributed by atoms with Gasteiger partial charge >= 0.3 is 6.18 Å². The van der Waals surface area contributed by atoms with Crippen molar-refractivity contribution in [1.29, 1.82) is 0 Å². The number of amides is 1. The lowest BCUT2D eigenvalue weighted by atomic mass is 9.85. The number of nitrogens with one attached hydrogen (secondary N) is 1. The fraction of sp³-hybridized carbons (Fsp3) is 0.533. The largest absolute Gasteiger partial charge is 0.391 e. The van der Waals surface area contributed by atoms with Crippen LogP contribution >= 0.6 is 0 Å². The van der Waals surface area contributed by atoms with Gasteiger partial charge in [-0.1, -0.05) is 18.6 Å². The number of carbonyl (C=O) groups is 1. The molecule has 1 N–H and O–H groups in total. The quantitative estimate of drug-likeness (QED) is 0.849. The van der Waals surface area contributed by atoms with Gasteiger partial charge in [0.05, 0.1) is 12.3 Å². The van der Waals surface area contributed by atoms with Crippen LogP contribution in [0.5, 0.6) is 0 Å². The summed E-state index contributed by atoms with van der Waals surface area (Å²) in [6, 6.07) is 5.06. The summed E-state index contributed by atoms with van der Waals surface area (Å²) in [5, 5.41) is 2.65. The van der Waals surface area contributed by atoms with Gasteiger partial charge in [0.2, 0.25) is 5.91 Å². The molecule has 0 radical (unpaired) electrons. The van der Waals surface area contributed by atoms with Crippen molar-refractivity contribution in [3.05, 3.63) is 35.6 Å². The minimum Gasteiger partial charge on any atom is -0.353 e. The smallest absolute Gasteiger partial charge is 0.353 e. The molecule has 0 unspecified atom stereocenters. The molecular weight excluding hydrogens is 286 g/mol. The van der Waals surface area contributed by atoms with E-state index in [1.54, 1.807) is 0 Å². The summed E-state index contributed by atoms with van der Waals surface area (Å²) in [6.45, 7) is 0. The first-order chi connectivity index (χ1) is 9.84. The molecule has 0 heterocycles. The van der Waals surface area contributed by atoms with Crippen molar-refractivity contribution in [3.8, 4) is 0 Å². The molecule has 0 aliphatic heterocycles. The van der Waals surface area contributed by atoms with Gasteiger partial charge in [-0.15, -0.1) is 0 Å². The average Bonchev–Trinajstić information content (AvgIpc) is 2.41. The van der Waals surface area contributed by atoms with Crippen LogP contribution in [0.25, 0.3) is 0 Å². The Kier molecular flexibility index (Phi) is 4.85. The van der Waals surface area contributed by atoms with E-state index in [2.05, 4.69) is 5.32 Å². The summed E-state index contributed by atoms with van der Waals surface area (Å²) in [6.07, 6.45) is -3.03. The van der Waals surface area contributed by atoms with Gasteiger partial charge in [-0.05, 0) is 37.0 Å². The SMILES string of the molecule is O=C(Cc1ccc(F)cc1)N[C@@H]1CCC[C@H](C(F)(F)F)C1. The zero-order valence-corrected chi connectivity index (χ0v) is 11.4. The highest BCUT2D eigenvalue weighted by Crippen LogP contribution is 2.37. The monoisotopic (exact) mass is 303 g/mol. The number of alkyl halides is 3. The molecule has 2 atom stereocenters. The van der Waals surface area contributed by atoms with E-state index in [0.29, 0.717) is 18.4 Å². The Bertz CT molecular complexity index is 483. The summed E-state index contributed by atoms with van der Waals surface area (Å²) < 4.78 is 50.8. The first-order valence-corrected chi connectivity index (χ1v) is 6.95. The summed E-state index contributed by atoms with van der Waals surface area (Å²) in [5.74, 6) is -2.05. The highest BCUT2D eigenvalue weighted by molar-refractivity contribution is 5.78. The fourth-order valence-corrected chi connectivity index (χ4v) is 2.68. The Hall–Kier alpha value is -1.59. The van der Waals surface area contributed by atoms with Crippen LogP contribution in [-0.2, 0) is 11.2 Å². The van der Waals surface area contributed by atoms with Crippen molar-refractivity contribution in [3.63, 3.8) is 0 Å². The minimum absolute atomic E-state index is 0.0491. The Morgan fingerprint density at radius 2 is 1.86 bits per heavy atom. The third kappa shape index (κ3) is 4.72. The van der Waals surface area contributed by atoms with Gasteiger partial charge in [-0.25, -0.2) is 4.39 Å². The van der Waals surface area contributed by atoms with Crippen LogP contribution in [0, 0.1) is 11.7 Å². The van der Waals surface area contributed by atoms with Gasteiger partial charge in [0, 0.05) is 6.04 Å². The Morgan fingerprint density at radius 3 is 2.48 bits per heavy atom. The van der Waals surface area contributed by atoms with Gasteiger partial charge in [0.1, 0.15) is 5.82 Å². The minimum atomic E-state index is -4.19. The van der Waals surface area contributed by atoms with E-state index in [1.165, 1.54) is 24.3 Å². The number of hydrogen-bond acceptors (Lipinski definition) is 1. The molecule has 2 rings (SSSR count). The molecule has 1 aliphatic rings. The predicted molar refractivity (Wildman–Crippen MR) is 70.0 cm³/mol. The van der Waals surface area contributed by atoms with Crippen molar-refractivity contribution in [2.24, 2.45) is 5.92 Å². The molecule has 0 saturated heterocycles. The summed E-state index contributed by atoms with van der Waals surface area (Å²) in [7, 11) is 0. The number of carbonyl (C=O) groups excluding carboxylic acids is 1. The molecule has 2 nitrogen and oxygen atoms in total. The van der Waals surface area contributed by atoms with Crippen LogP contribution in [0.1, 0.15) is 31.2 Å². The van der Waals surface area contributed by atoms with Gasteiger partial charge in [-0.2, -0.15) is 13.2 Å². The van der Waals surface area contributed by atoms with E-state index in [1.807, 2.05) is 0 Å². The van der Waals surface area contributed by atoms with E-state index in [9.17, 15) is 22.4 Å². The number of rotatable bonds is 3. The van der Waals surface area contributed by atoms with Crippen molar-refractivity contribution < 1.29 is 22.4 Å². The van der Waals surface area contributed by atoms with E-state index < -0.39 is 18.1 Å². The van der Waals surface area contributed by atoms with Gasteiger partial charge in [0.25, 0.3) is 0 Å². The highest BCUT2D eigenvalue weighted by atomic mass is 19.4. The Morgan fingerprint density at radius 1 is 1.19 bits per heavy atom. The second-order valence-electron chi connectivity index (χ2n) is 5.47. The zero-order valence-electron chi connectivity index (χ0n) is 11.4. The number of benzene rings is 1. The van der Waals surface area contributed by atoms with Crippen molar-refractivity contribution in [2.45, 2.75) is 44.3 Å². The molecule has 1 aromatic carbocycles. The topological polar surface area (TPSA) is 29.1 Å². The molecule has 0 bridgehead atoms. The molecule has 1 aliphatic carbocycles. The van der Waals surface area contributed by atoms with E-state index >= 15 is 0 Å². The average molecular weight is 303 g/mol. The van der Waals surface area contributed by atoms with E-state index in [0.717, 1.165) is 0 Å². The lowest BCUT2D eigenvalue weighted by Gasteiger charge is -2.31. The molecule has 116 valence electrons. The molecule has 0 aromatic heterocycles. The van der Waals surface area contributed by atoms with Gasteiger partial charge in [-0.3, -0.25) is 4.79 Å². The van der Waals surface area contributed by atoms with Crippen LogP contribution in [0.4, 0.5) is 17.6 Å². The third-order valence-corrected chi connectivity index (χ3v) is 3.78. The molecule has 21 heavy (non-hydrogen) atoms. The van der Waals surface area contributed by atoms with Gasteiger partial charge in [0.15, 0.2) is 0 Å². The van der Waals surface area contributed by atoms with Crippen molar-refractivity contribution in [2.75, 3.05) is 0 Å². The van der Waals surface area contributed by atoms with Crippen LogP contribution in [0.3, 0.4) is 0 Å². The third-order valence-electron chi connectivity index (χ3n) is 3.78. The first-order valence-electron chi connectivity index (χ1n) is 6.95. The Balaban J connectivity index is 1.86. The van der Waals surface area contributed by atoms with Crippen LogP contribution in [-0.4, -0.2) is 18.1 Å². The van der Waals surface area contributed by atoms with Gasteiger partial charge < -0.3 is 5.32 Å². The van der Waals surface area contributed by atoms with Crippen molar-refractivity contribution >= 4 is 5.91 Å². The molecule has 0 spiro atoms. The van der Waals surface area contributed by atoms with Crippen LogP contribution < -0.4 is 5.32 Å². The lowest BCUT2D eigenvalue weighted by Crippen LogP contribution is -2.42. The highest BCUT2D eigenvalue weighted by Gasteiger charge is 2.42. The molecule has 1 amide bonds. The summed E-state index contributed by atoms with van der Waals surface area (Å²) in [4.78, 5) is 11.8. The normalized spacial score (nSPS) is 22.9. The zero-order chi connectivity index (χ0) is 15.5. The maximum absolute atomic E-state index is 12.7. The molecule has 6 heteroatoms. The fourth-order valence-electron chi connectivity index (χ4n) is 2.68. The maximum atomic E-state index is 12.7. The van der Waals surface area contributed by atoms with Crippen LogP contribution in [0.15, 0.2) is 24.3 Å². The molecule has 1 saturated carbocycles. The molecule has 1 aromatic rings. The second kappa shape index (κ2) is 6.45. The van der Waals surface area contributed by atoms with E-state index in [4.69, 9.17) is 0 Å². The van der Waals surface area contributed by atoms with E-state index in [-0.39, 0.29) is 31.0 Å². The Labute approximate surface area is 120 Å². The standard InChI is InChI=1S/C15H17F4NO/c16-12-6-4-10(5-7-12)8-14(21)20-13-3-1-2-11(9-13)15(17,18)19/h4-7,11,13H,1-3,8-9H2,(H,20,21)/t11-,13+/m0/s1. The molecule has 1 fully saturated rings. The summed E-state index contributed by atoms with van der Waals surface area (Å²) >= 11 is 0. The maximum Gasteiger partial charge on any atom is 0.391 e.